The van der Waals surface area contributed by atoms with Gasteiger partial charge in [0.05, 0.1) is 5.41 Å². The molecule has 0 saturated heterocycles. The van der Waals surface area contributed by atoms with Crippen molar-refractivity contribution in [2.45, 2.75) is 110 Å². The molecule has 4 heteroatoms. The van der Waals surface area contributed by atoms with E-state index in [-0.39, 0.29) is 6.42 Å². The van der Waals surface area contributed by atoms with Crippen LogP contribution in [0.2, 0.25) is 0 Å². The highest BCUT2D eigenvalue weighted by Gasteiger charge is 2.36. The second-order valence-electron chi connectivity index (χ2n) is 7.16. The molecule has 0 aliphatic rings. The summed E-state index contributed by atoms with van der Waals surface area (Å²) in [7, 11) is 0. The zero-order chi connectivity index (χ0) is 18.3. The molecule has 0 amide bonds. The van der Waals surface area contributed by atoms with Gasteiger partial charge in [0.15, 0.2) is 0 Å². The second-order valence-corrected chi connectivity index (χ2v) is 7.16. The quantitative estimate of drug-likeness (QED) is 0.316. The van der Waals surface area contributed by atoms with Gasteiger partial charge >= 0.3 is 11.9 Å². The van der Waals surface area contributed by atoms with E-state index in [1.54, 1.807) is 0 Å². The third kappa shape index (κ3) is 10.7. The molecule has 0 radical (unpaired) electrons. The number of hydrogen-bond acceptors (Lipinski definition) is 2. The van der Waals surface area contributed by atoms with Gasteiger partial charge in [-0.15, -0.1) is 0 Å². The highest BCUT2D eigenvalue weighted by atomic mass is 16.4. The molecule has 0 saturated carbocycles. The molecule has 0 spiro atoms. The number of rotatable bonds is 17. The van der Waals surface area contributed by atoms with Crippen molar-refractivity contribution in [2.24, 2.45) is 5.41 Å². The number of carbonyl (C=O) groups is 2. The van der Waals surface area contributed by atoms with Crippen LogP contribution in [0.15, 0.2) is 0 Å². The van der Waals surface area contributed by atoms with Gasteiger partial charge in [0, 0.05) is 6.42 Å². The van der Waals surface area contributed by atoms with Gasteiger partial charge in [-0.05, 0) is 25.7 Å². The van der Waals surface area contributed by atoms with Gasteiger partial charge in [-0.1, -0.05) is 78.1 Å². The summed E-state index contributed by atoms with van der Waals surface area (Å²) in [5, 5.41) is 18.7. The lowest BCUT2D eigenvalue weighted by molar-refractivity contribution is -0.151. The topological polar surface area (TPSA) is 74.6 Å². The van der Waals surface area contributed by atoms with Gasteiger partial charge in [0.1, 0.15) is 0 Å². The largest absolute Gasteiger partial charge is 0.481 e. The van der Waals surface area contributed by atoms with E-state index in [0.29, 0.717) is 25.7 Å². The Bertz CT molecular complexity index is 325. The smallest absolute Gasteiger partial charge is 0.309 e. The summed E-state index contributed by atoms with van der Waals surface area (Å²) >= 11 is 0. The third-order valence-corrected chi connectivity index (χ3v) is 5.02. The average Bonchev–Trinajstić information content (AvgIpc) is 2.53. The molecule has 0 unspecified atom stereocenters. The molecule has 0 rings (SSSR count). The van der Waals surface area contributed by atoms with E-state index >= 15 is 0 Å². The van der Waals surface area contributed by atoms with Crippen LogP contribution in [-0.2, 0) is 9.59 Å². The van der Waals surface area contributed by atoms with Crippen molar-refractivity contribution >= 4 is 11.9 Å². The Hall–Kier alpha value is -1.06. The van der Waals surface area contributed by atoms with Crippen LogP contribution < -0.4 is 0 Å². The summed E-state index contributed by atoms with van der Waals surface area (Å²) < 4.78 is 0. The minimum absolute atomic E-state index is 0.0701. The van der Waals surface area contributed by atoms with E-state index in [1.807, 2.05) is 0 Å². The molecule has 2 N–H and O–H groups in total. The summed E-state index contributed by atoms with van der Waals surface area (Å²) in [5.74, 6) is -1.56. The minimum atomic E-state index is -0.833. The Morgan fingerprint density at radius 3 is 1.46 bits per heavy atom. The molecule has 0 aromatic rings. The number of carboxylic acids is 2. The van der Waals surface area contributed by atoms with Crippen molar-refractivity contribution in [3.05, 3.63) is 0 Å². The molecule has 0 atom stereocenters. The maximum absolute atomic E-state index is 12.0. The average molecular weight is 343 g/mol. The fourth-order valence-electron chi connectivity index (χ4n) is 3.41. The molecule has 0 fully saturated rings. The lowest BCUT2D eigenvalue weighted by Gasteiger charge is -2.30. The molecule has 0 bridgehead atoms. The Morgan fingerprint density at radius 2 is 1.08 bits per heavy atom. The fourth-order valence-corrected chi connectivity index (χ4v) is 3.41. The van der Waals surface area contributed by atoms with E-state index in [1.165, 1.54) is 25.7 Å². The predicted octanol–water partition coefficient (Wildman–Crippen LogP) is 6.03. The van der Waals surface area contributed by atoms with Crippen LogP contribution >= 0.6 is 0 Å². The first-order valence-corrected chi connectivity index (χ1v) is 9.93. The van der Waals surface area contributed by atoms with E-state index < -0.39 is 17.4 Å². The summed E-state index contributed by atoms with van der Waals surface area (Å²) in [5.41, 5.74) is -0.714. The highest BCUT2D eigenvalue weighted by Crippen LogP contribution is 2.37. The molecule has 0 aliphatic carbocycles. The summed E-state index contributed by atoms with van der Waals surface area (Å²) in [6, 6.07) is 0. The lowest BCUT2D eigenvalue weighted by Crippen LogP contribution is -2.31. The summed E-state index contributed by atoms with van der Waals surface area (Å²) in [6.45, 7) is 4.34. The van der Waals surface area contributed by atoms with E-state index in [9.17, 15) is 14.7 Å². The van der Waals surface area contributed by atoms with E-state index in [4.69, 9.17) is 5.11 Å². The van der Waals surface area contributed by atoms with Crippen molar-refractivity contribution in [3.8, 4) is 0 Å². The van der Waals surface area contributed by atoms with Gasteiger partial charge in [-0.25, -0.2) is 0 Å². The van der Waals surface area contributed by atoms with Gasteiger partial charge in [0.25, 0.3) is 0 Å². The van der Waals surface area contributed by atoms with Crippen molar-refractivity contribution in [3.63, 3.8) is 0 Å². The van der Waals surface area contributed by atoms with Crippen LogP contribution in [0.5, 0.6) is 0 Å². The first kappa shape index (κ1) is 22.9. The molecule has 0 aromatic carbocycles. The molecule has 0 aromatic heterocycles. The predicted molar refractivity (Wildman–Crippen MR) is 98.3 cm³/mol. The van der Waals surface area contributed by atoms with Crippen molar-refractivity contribution in [1.29, 1.82) is 0 Å². The number of unbranched alkanes of at least 4 members (excludes halogenated alkanes) is 8. The van der Waals surface area contributed by atoms with Crippen molar-refractivity contribution < 1.29 is 19.8 Å². The normalized spacial score (nSPS) is 11.6. The lowest BCUT2D eigenvalue weighted by atomic mass is 9.74. The third-order valence-electron chi connectivity index (χ3n) is 5.02. The van der Waals surface area contributed by atoms with Crippen molar-refractivity contribution in [1.82, 2.24) is 0 Å². The van der Waals surface area contributed by atoms with Crippen LogP contribution in [0.3, 0.4) is 0 Å². The van der Waals surface area contributed by atoms with Crippen LogP contribution in [0, 0.1) is 5.41 Å². The molecular weight excluding hydrogens is 304 g/mol. The molecule has 24 heavy (non-hydrogen) atoms. The second kappa shape index (κ2) is 14.3. The van der Waals surface area contributed by atoms with Crippen molar-refractivity contribution in [2.75, 3.05) is 0 Å². The number of aliphatic carboxylic acids is 2. The molecule has 142 valence electrons. The molecule has 0 heterocycles. The van der Waals surface area contributed by atoms with Crippen LogP contribution in [-0.4, -0.2) is 22.2 Å². The summed E-state index contributed by atoms with van der Waals surface area (Å²) in [4.78, 5) is 22.8. The Labute approximate surface area is 148 Å². The first-order chi connectivity index (χ1) is 11.5. The van der Waals surface area contributed by atoms with Crippen LogP contribution in [0.1, 0.15) is 110 Å². The minimum Gasteiger partial charge on any atom is -0.481 e. The monoisotopic (exact) mass is 342 g/mol. The SMILES string of the molecule is CCCCCCCC(CCCCCCC)(CCCC(=O)O)C(=O)O. The Kier molecular flexibility index (Phi) is 13.7. The molecular formula is C20H38O4. The van der Waals surface area contributed by atoms with Gasteiger partial charge < -0.3 is 10.2 Å². The number of carboxylic acid groups (broad SMARTS) is 2. The van der Waals surface area contributed by atoms with Gasteiger partial charge in [-0.3, -0.25) is 9.59 Å². The highest BCUT2D eigenvalue weighted by molar-refractivity contribution is 5.74. The molecule has 4 nitrogen and oxygen atoms in total. The standard InChI is InChI=1S/C20H38O4/c1-3-5-7-9-11-15-20(19(23)24,17-13-14-18(21)22)16-12-10-8-6-4-2/h3-17H2,1-2H3,(H,21,22)(H,23,24). The number of hydrogen-bond donors (Lipinski definition) is 2. The Balaban J connectivity index is 4.57. The maximum Gasteiger partial charge on any atom is 0.309 e. The molecule has 0 aliphatic heterocycles. The maximum atomic E-state index is 12.0. The Morgan fingerprint density at radius 1 is 0.667 bits per heavy atom. The van der Waals surface area contributed by atoms with Gasteiger partial charge in [-0.2, -0.15) is 0 Å². The van der Waals surface area contributed by atoms with E-state index in [2.05, 4.69) is 13.8 Å². The summed E-state index contributed by atoms with van der Waals surface area (Å²) in [6.07, 6.45) is 13.6. The van der Waals surface area contributed by atoms with Crippen LogP contribution in [0.4, 0.5) is 0 Å². The zero-order valence-electron chi connectivity index (χ0n) is 15.8. The first-order valence-electron chi connectivity index (χ1n) is 9.93. The zero-order valence-corrected chi connectivity index (χ0v) is 15.8. The van der Waals surface area contributed by atoms with E-state index in [0.717, 1.165) is 38.5 Å². The van der Waals surface area contributed by atoms with Crippen LogP contribution in [0.25, 0.3) is 0 Å². The van der Waals surface area contributed by atoms with Gasteiger partial charge in [0.2, 0.25) is 0 Å². The fraction of sp³-hybridized carbons (Fsp3) is 0.900.